The molecule has 1 saturated heterocycles. The summed E-state index contributed by atoms with van der Waals surface area (Å²) >= 11 is 0. The Bertz CT molecular complexity index is 432. The van der Waals surface area contributed by atoms with Gasteiger partial charge in [0.05, 0.1) is 24.9 Å². The Kier molecular flexibility index (Phi) is 4.94. The molecule has 0 aromatic heterocycles. The van der Waals surface area contributed by atoms with Crippen LogP contribution in [0.4, 0.5) is 0 Å². The van der Waals surface area contributed by atoms with Crippen LogP contribution in [0, 0.1) is 5.92 Å². The minimum atomic E-state index is 0.0662. The van der Waals surface area contributed by atoms with Crippen molar-refractivity contribution in [3.63, 3.8) is 0 Å². The van der Waals surface area contributed by atoms with E-state index in [1.165, 1.54) is 31.2 Å². The van der Waals surface area contributed by atoms with Gasteiger partial charge in [-0.25, -0.2) is 0 Å². The number of morpholine rings is 1. The zero-order chi connectivity index (χ0) is 14.5. The molecule has 0 bridgehead atoms. The number of hydrogen-bond donors (Lipinski definition) is 1. The predicted octanol–water partition coefficient (Wildman–Crippen LogP) is 3.14. The lowest BCUT2D eigenvalue weighted by molar-refractivity contribution is -0.159. The average molecular weight is 289 g/mol. The molecule has 3 nitrogen and oxygen atoms in total. The van der Waals surface area contributed by atoms with Crippen molar-refractivity contribution in [2.45, 2.75) is 50.9 Å². The summed E-state index contributed by atoms with van der Waals surface area (Å²) < 4.78 is 12.3. The molecule has 3 rings (SSSR count). The smallest absolute Gasteiger partial charge is 0.0940 e. The molecule has 1 N–H and O–H groups in total. The lowest BCUT2D eigenvalue weighted by Gasteiger charge is -2.45. The van der Waals surface area contributed by atoms with Crippen LogP contribution < -0.4 is 5.32 Å². The van der Waals surface area contributed by atoms with Crippen LogP contribution in [0.3, 0.4) is 0 Å². The van der Waals surface area contributed by atoms with Crippen LogP contribution >= 0.6 is 0 Å². The highest BCUT2D eigenvalue weighted by molar-refractivity contribution is 5.13. The topological polar surface area (TPSA) is 30.5 Å². The Morgan fingerprint density at radius 3 is 3.00 bits per heavy atom. The van der Waals surface area contributed by atoms with Gasteiger partial charge in [-0.15, -0.1) is 0 Å². The molecule has 2 fully saturated rings. The second-order valence-corrected chi connectivity index (χ2v) is 6.76. The minimum absolute atomic E-state index is 0.0662. The van der Waals surface area contributed by atoms with E-state index in [-0.39, 0.29) is 11.7 Å². The molecular formula is C18H27NO2. The van der Waals surface area contributed by atoms with E-state index in [0.717, 1.165) is 19.0 Å². The summed E-state index contributed by atoms with van der Waals surface area (Å²) in [6, 6.07) is 10.3. The average Bonchev–Trinajstić information content (AvgIpc) is 2.48. The fourth-order valence-electron chi connectivity index (χ4n) is 3.75. The first-order chi connectivity index (χ1) is 10.3. The Morgan fingerprint density at radius 2 is 2.19 bits per heavy atom. The van der Waals surface area contributed by atoms with E-state index in [0.29, 0.717) is 13.2 Å². The molecule has 2 aliphatic rings. The van der Waals surface area contributed by atoms with E-state index >= 15 is 0 Å². The van der Waals surface area contributed by atoms with Gasteiger partial charge in [0.25, 0.3) is 0 Å². The summed E-state index contributed by atoms with van der Waals surface area (Å²) in [5, 5.41) is 3.56. The summed E-state index contributed by atoms with van der Waals surface area (Å²) in [6.07, 6.45) is 5.21. The fraction of sp³-hybridized carbons (Fsp3) is 0.667. The van der Waals surface area contributed by atoms with Crippen LogP contribution in [0.25, 0.3) is 0 Å². The van der Waals surface area contributed by atoms with Crippen molar-refractivity contribution < 1.29 is 9.47 Å². The molecule has 3 unspecified atom stereocenters. The maximum atomic E-state index is 6.44. The van der Waals surface area contributed by atoms with Gasteiger partial charge in [-0.2, -0.15) is 0 Å². The molecule has 0 radical (unpaired) electrons. The second-order valence-electron chi connectivity index (χ2n) is 6.76. The van der Waals surface area contributed by atoms with Crippen molar-refractivity contribution in [1.82, 2.24) is 5.32 Å². The molecule has 116 valence electrons. The molecule has 21 heavy (non-hydrogen) atoms. The first-order valence-electron chi connectivity index (χ1n) is 8.26. The van der Waals surface area contributed by atoms with E-state index in [2.05, 4.69) is 36.5 Å². The Labute approximate surface area is 128 Å². The van der Waals surface area contributed by atoms with Crippen molar-refractivity contribution >= 4 is 0 Å². The van der Waals surface area contributed by atoms with E-state index < -0.39 is 0 Å². The lowest BCUT2D eigenvalue weighted by Crippen LogP contribution is -2.56. The van der Waals surface area contributed by atoms with Crippen LogP contribution in [0.5, 0.6) is 0 Å². The summed E-state index contributed by atoms with van der Waals surface area (Å²) in [5.41, 5.74) is 1.29. The highest BCUT2D eigenvalue weighted by Crippen LogP contribution is 2.36. The highest BCUT2D eigenvalue weighted by atomic mass is 16.5. The highest BCUT2D eigenvalue weighted by Gasteiger charge is 2.40. The van der Waals surface area contributed by atoms with Crippen molar-refractivity contribution in [3.05, 3.63) is 35.9 Å². The van der Waals surface area contributed by atoms with Crippen molar-refractivity contribution in [3.8, 4) is 0 Å². The zero-order valence-corrected chi connectivity index (χ0v) is 13.0. The maximum absolute atomic E-state index is 6.44. The predicted molar refractivity (Wildman–Crippen MR) is 84.2 cm³/mol. The van der Waals surface area contributed by atoms with Crippen molar-refractivity contribution in [2.24, 2.45) is 5.92 Å². The molecule has 1 spiro atoms. The maximum Gasteiger partial charge on any atom is 0.0940 e. The number of ether oxygens (including phenoxy) is 2. The van der Waals surface area contributed by atoms with Crippen LogP contribution in [-0.4, -0.2) is 31.4 Å². The van der Waals surface area contributed by atoms with Crippen LogP contribution in [0.2, 0.25) is 0 Å². The van der Waals surface area contributed by atoms with Gasteiger partial charge >= 0.3 is 0 Å². The third kappa shape index (κ3) is 4.06. The molecule has 3 heteroatoms. The molecule has 1 aliphatic carbocycles. The molecule has 1 heterocycles. The molecule has 1 aromatic carbocycles. The standard InChI is InChI=1S/C18H27NO2/c1-15-6-5-9-18(10-15)14-19-11-17(21-18)13-20-12-16-7-3-2-4-8-16/h2-4,7-8,15,17,19H,5-6,9-14H2,1H3. The van der Waals surface area contributed by atoms with Gasteiger partial charge in [0, 0.05) is 13.1 Å². The van der Waals surface area contributed by atoms with Gasteiger partial charge in [0.2, 0.25) is 0 Å². The van der Waals surface area contributed by atoms with Gasteiger partial charge in [-0.05, 0) is 24.3 Å². The Hall–Kier alpha value is -0.900. The Balaban J connectivity index is 1.47. The lowest BCUT2D eigenvalue weighted by atomic mass is 9.78. The van der Waals surface area contributed by atoms with Gasteiger partial charge in [0.15, 0.2) is 0 Å². The Morgan fingerprint density at radius 1 is 1.33 bits per heavy atom. The third-order valence-electron chi connectivity index (χ3n) is 4.70. The minimum Gasteiger partial charge on any atom is -0.374 e. The zero-order valence-electron chi connectivity index (χ0n) is 13.0. The summed E-state index contributed by atoms with van der Waals surface area (Å²) in [6.45, 7) is 5.61. The van der Waals surface area contributed by atoms with Crippen LogP contribution in [0.1, 0.15) is 38.2 Å². The normalized spacial score (nSPS) is 33.2. The van der Waals surface area contributed by atoms with Crippen LogP contribution in [0.15, 0.2) is 30.3 Å². The van der Waals surface area contributed by atoms with E-state index in [4.69, 9.17) is 9.47 Å². The van der Waals surface area contributed by atoms with Gasteiger partial charge < -0.3 is 14.8 Å². The fourth-order valence-corrected chi connectivity index (χ4v) is 3.75. The molecule has 3 atom stereocenters. The SMILES string of the molecule is CC1CCCC2(CNCC(COCc3ccccc3)O2)C1. The summed E-state index contributed by atoms with van der Waals surface area (Å²) in [5.74, 6) is 0.782. The molecule has 1 aromatic rings. The first kappa shape index (κ1) is 15.0. The van der Waals surface area contributed by atoms with Gasteiger partial charge in [-0.3, -0.25) is 0 Å². The number of nitrogens with one attached hydrogen (secondary N) is 1. The van der Waals surface area contributed by atoms with Gasteiger partial charge in [0.1, 0.15) is 0 Å². The largest absolute Gasteiger partial charge is 0.374 e. The number of rotatable bonds is 4. The van der Waals surface area contributed by atoms with Crippen molar-refractivity contribution in [1.29, 1.82) is 0 Å². The first-order valence-corrected chi connectivity index (χ1v) is 8.26. The second kappa shape index (κ2) is 6.91. The van der Waals surface area contributed by atoms with Crippen LogP contribution in [-0.2, 0) is 16.1 Å². The van der Waals surface area contributed by atoms with E-state index in [1.54, 1.807) is 0 Å². The molecule has 0 amide bonds. The number of benzene rings is 1. The quantitative estimate of drug-likeness (QED) is 0.923. The van der Waals surface area contributed by atoms with E-state index in [1.807, 2.05) is 6.07 Å². The van der Waals surface area contributed by atoms with E-state index in [9.17, 15) is 0 Å². The molecule has 1 saturated carbocycles. The molecule has 1 aliphatic heterocycles. The summed E-state index contributed by atoms with van der Waals surface area (Å²) in [7, 11) is 0. The molecular weight excluding hydrogens is 262 g/mol. The van der Waals surface area contributed by atoms with Gasteiger partial charge in [-0.1, -0.05) is 50.1 Å². The van der Waals surface area contributed by atoms with Crippen molar-refractivity contribution in [2.75, 3.05) is 19.7 Å². The third-order valence-corrected chi connectivity index (χ3v) is 4.70. The monoisotopic (exact) mass is 289 g/mol. The number of hydrogen-bond acceptors (Lipinski definition) is 3. The summed E-state index contributed by atoms with van der Waals surface area (Å²) in [4.78, 5) is 0.